The molecule has 0 aliphatic carbocycles. The number of rotatable bonds is 5. The molecule has 2 aromatic rings. The molecule has 156 valence electrons. The van der Waals surface area contributed by atoms with E-state index in [9.17, 15) is 23.0 Å². The highest BCUT2D eigenvalue weighted by Gasteiger charge is 2.50. The summed E-state index contributed by atoms with van der Waals surface area (Å²) in [6.45, 7) is 0.265. The van der Waals surface area contributed by atoms with E-state index < -0.39 is 40.7 Å². The molecule has 1 fully saturated rings. The maximum Gasteiger partial charge on any atom is 0.243 e. The molecule has 1 saturated heterocycles. The Labute approximate surface area is 174 Å². The van der Waals surface area contributed by atoms with Crippen molar-refractivity contribution in [2.24, 2.45) is 0 Å². The van der Waals surface area contributed by atoms with Crippen molar-refractivity contribution in [2.75, 3.05) is 19.7 Å². The fourth-order valence-electron chi connectivity index (χ4n) is 3.14. The number of nitrogens with zero attached hydrogens (tertiary/aromatic N) is 2. The Balaban J connectivity index is 1.85. The highest BCUT2D eigenvalue weighted by Crippen LogP contribution is 2.31. The quantitative estimate of drug-likeness (QED) is 0.691. The Morgan fingerprint density at radius 2 is 2.00 bits per heavy atom. The lowest BCUT2D eigenvalue weighted by Crippen LogP contribution is -2.48. The summed E-state index contributed by atoms with van der Waals surface area (Å²) in [5.41, 5.74) is -1.40. The van der Waals surface area contributed by atoms with Gasteiger partial charge in [0.05, 0.1) is 23.6 Å². The summed E-state index contributed by atoms with van der Waals surface area (Å²) in [4.78, 5) is 0.00881. The van der Waals surface area contributed by atoms with Crippen LogP contribution in [0.1, 0.15) is 18.1 Å². The Morgan fingerprint density at radius 1 is 1.30 bits per heavy atom. The standard InChI is InChI=1S/C21H19FN2O5S/c1-2-3-15-4-8-18(9-5-15)30(27,28)24-12-20(21(26,13-24)14-25)29-17-7-6-16(11-23)19(22)10-17/h4-10,20,25-26H,12-14H2,1H3/t20?,21-/m1/s1. The summed E-state index contributed by atoms with van der Waals surface area (Å²) in [5.74, 6) is 4.75. The molecule has 30 heavy (non-hydrogen) atoms. The number of hydrogen-bond acceptors (Lipinski definition) is 6. The molecule has 0 radical (unpaired) electrons. The highest BCUT2D eigenvalue weighted by atomic mass is 32.2. The van der Waals surface area contributed by atoms with Crippen molar-refractivity contribution in [3.8, 4) is 23.7 Å². The molecule has 2 N–H and O–H groups in total. The summed E-state index contributed by atoms with van der Waals surface area (Å²) < 4.78 is 46.4. The van der Waals surface area contributed by atoms with Gasteiger partial charge in [0.2, 0.25) is 10.0 Å². The zero-order valence-corrected chi connectivity index (χ0v) is 16.9. The zero-order valence-electron chi connectivity index (χ0n) is 16.0. The van der Waals surface area contributed by atoms with E-state index in [0.717, 1.165) is 10.4 Å². The van der Waals surface area contributed by atoms with E-state index in [-0.39, 0.29) is 22.8 Å². The van der Waals surface area contributed by atoms with Gasteiger partial charge in [0.25, 0.3) is 0 Å². The summed E-state index contributed by atoms with van der Waals surface area (Å²) >= 11 is 0. The molecule has 0 saturated carbocycles. The molecule has 3 rings (SSSR count). The second-order valence-electron chi connectivity index (χ2n) is 6.82. The predicted molar refractivity (Wildman–Crippen MR) is 105 cm³/mol. The third kappa shape index (κ3) is 4.16. The maximum atomic E-state index is 13.8. The first-order valence-corrected chi connectivity index (χ1v) is 10.4. The molecule has 9 heteroatoms. The first kappa shape index (κ1) is 21.8. The molecule has 1 aliphatic heterocycles. The molecular formula is C21H19FN2O5S. The van der Waals surface area contributed by atoms with Crippen LogP contribution in [0.5, 0.6) is 5.75 Å². The molecular weight excluding hydrogens is 411 g/mol. The smallest absolute Gasteiger partial charge is 0.243 e. The van der Waals surface area contributed by atoms with Crippen LogP contribution in [-0.2, 0) is 10.0 Å². The van der Waals surface area contributed by atoms with Gasteiger partial charge in [-0.2, -0.15) is 9.57 Å². The lowest BCUT2D eigenvalue weighted by molar-refractivity contribution is -0.0641. The van der Waals surface area contributed by atoms with E-state index in [1.54, 1.807) is 25.1 Å². The van der Waals surface area contributed by atoms with E-state index >= 15 is 0 Å². The number of sulfonamides is 1. The van der Waals surface area contributed by atoms with Crippen LogP contribution in [0.3, 0.4) is 0 Å². The van der Waals surface area contributed by atoms with Gasteiger partial charge in [-0.3, -0.25) is 0 Å². The van der Waals surface area contributed by atoms with E-state index in [4.69, 9.17) is 10.00 Å². The van der Waals surface area contributed by atoms with Gasteiger partial charge < -0.3 is 14.9 Å². The topological polar surface area (TPSA) is 111 Å². The van der Waals surface area contributed by atoms with Gasteiger partial charge in [-0.05, 0) is 43.3 Å². The van der Waals surface area contributed by atoms with E-state index in [2.05, 4.69) is 11.8 Å². The fourth-order valence-corrected chi connectivity index (χ4v) is 4.64. The lowest BCUT2D eigenvalue weighted by Gasteiger charge is -2.27. The molecule has 0 spiro atoms. The van der Waals surface area contributed by atoms with Crippen molar-refractivity contribution >= 4 is 10.0 Å². The number of nitriles is 1. The molecule has 1 aliphatic rings. The van der Waals surface area contributed by atoms with Gasteiger partial charge in [0, 0.05) is 18.2 Å². The number of β-amino-alcohol motifs (C(OH)–C–C–N with tert-alkyl or cyclic N) is 1. The monoisotopic (exact) mass is 430 g/mol. The minimum atomic E-state index is -3.98. The van der Waals surface area contributed by atoms with Gasteiger partial charge >= 0.3 is 0 Å². The van der Waals surface area contributed by atoms with Crippen LogP contribution < -0.4 is 4.74 Å². The Kier molecular flexibility index (Phi) is 6.11. The van der Waals surface area contributed by atoms with Crippen LogP contribution in [0.25, 0.3) is 0 Å². The summed E-state index contributed by atoms with van der Waals surface area (Å²) in [6, 6.07) is 11.2. The second kappa shape index (κ2) is 8.42. The molecule has 0 amide bonds. The number of halogens is 1. The van der Waals surface area contributed by atoms with Gasteiger partial charge in [-0.25, -0.2) is 12.8 Å². The van der Waals surface area contributed by atoms with Crippen molar-refractivity contribution in [3.63, 3.8) is 0 Å². The van der Waals surface area contributed by atoms with Crippen molar-refractivity contribution in [1.82, 2.24) is 4.31 Å². The van der Waals surface area contributed by atoms with E-state index in [0.29, 0.717) is 5.56 Å². The molecule has 0 aromatic heterocycles. The number of aliphatic hydroxyl groups excluding tert-OH is 1. The molecule has 7 nitrogen and oxygen atoms in total. The fraction of sp³-hybridized carbons (Fsp3) is 0.286. The second-order valence-corrected chi connectivity index (χ2v) is 8.76. The lowest BCUT2D eigenvalue weighted by atomic mass is 10.0. The van der Waals surface area contributed by atoms with Gasteiger partial charge in [-0.1, -0.05) is 5.92 Å². The Hall–Kier alpha value is -2.95. The van der Waals surface area contributed by atoms with Crippen molar-refractivity contribution in [1.29, 1.82) is 5.26 Å². The summed E-state index contributed by atoms with van der Waals surface area (Å²) in [5, 5.41) is 29.2. The normalized spacial score (nSPS) is 21.5. The molecule has 2 aromatic carbocycles. The van der Waals surface area contributed by atoms with E-state index in [1.807, 2.05) is 0 Å². The van der Waals surface area contributed by atoms with Crippen LogP contribution >= 0.6 is 0 Å². The van der Waals surface area contributed by atoms with E-state index in [1.165, 1.54) is 24.3 Å². The first-order chi connectivity index (χ1) is 14.2. The first-order valence-electron chi connectivity index (χ1n) is 8.96. The van der Waals surface area contributed by atoms with Crippen LogP contribution in [0.4, 0.5) is 4.39 Å². The Morgan fingerprint density at radius 3 is 2.57 bits per heavy atom. The summed E-state index contributed by atoms with van der Waals surface area (Å²) in [7, 11) is -3.98. The predicted octanol–water partition coefficient (Wildman–Crippen LogP) is 1.24. The largest absolute Gasteiger partial charge is 0.486 e. The number of ether oxygens (including phenoxy) is 1. The third-order valence-corrected chi connectivity index (χ3v) is 6.62. The van der Waals surface area contributed by atoms with Gasteiger partial charge in [-0.15, -0.1) is 5.92 Å². The molecule has 1 unspecified atom stereocenters. The Bertz CT molecular complexity index is 1150. The van der Waals surface area contributed by atoms with Crippen LogP contribution in [0.2, 0.25) is 0 Å². The third-order valence-electron chi connectivity index (χ3n) is 4.79. The molecule has 1 heterocycles. The maximum absolute atomic E-state index is 13.8. The highest BCUT2D eigenvalue weighted by molar-refractivity contribution is 7.89. The number of hydrogen-bond donors (Lipinski definition) is 2. The van der Waals surface area contributed by atoms with Crippen molar-refractivity contribution < 1.29 is 27.8 Å². The van der Waals surface area contributed by atoms with Crippen LogP contribution in [0, 0.1) is 29.0 Å². The average molecular weight is 430 g/mol. The van der Waals surface area contributed by atoms with Gasteiger partial charge in [0.15, 0.2) is 0 Å². The minimum Gasteiger partial charge on any atom is -0.486 e. The van der Waals surface area contributed by atoms with Crippen molar-refractivity contribution in [2.45, 2.75) is 23.5 Å². The number of benzene rings is 2. The zero-order chi connectivity index (χ0) is 21.9. The SMILES string of the molecule is CC#Cc1ccc(S(=O)(=O)N2CC(Oc3ccc(C#N)c(F)c3)[C@](O)(CO)C2)cc1. The van der Waals surface area contributed by atoms with Crippen LogP contribution in [0.15, 0.2) is 47.4 Å². The number of aliphatic hydroxyl groups is 2. The van der Waals surface area contributed by atoms with Crippen LogP contribution in [-0.4, -0.2) is 54.3 Å². The molecule has 0 bridgehead atoms. The molecule has 2 atom stereocenters. The summed E-state index contributed by atoms with van der Waals surface area (Å²) in [6.07, 6.45) is -1.14. The minimum absolute atomic E-state index is 0.00474. The van der Waals surface area contributed by atoms with Crippen molar-refractivity contribution in [3.05, 3.63) is 59.4 Å². The van der Waals surface area contributed by atoms with Gasteiger partial charge in [0.1, 0.15) is 29.3 Å². The average Bonchev–Trinajstić information content (AvgIpc) is 3.06.